The van der Waals surface area contributed by atoms with Crippen LogP contribution < -0.4 is 5.32 Å². The lowest BCUT2D eigenvalue weighted by Gasteiger charge is -2.34. The number of hydrogen-bond acceptors (Lipinski definition) is 3. The van der Waals surface area contributed by atoms with Gasteiger partial charge in [-0.05, 0) is 32.1 Å². The van der Waals surface area contributed by atoms with Crippen molar-refractivity contribution in [3.05, 3.63) is 0 Å². The Hall–Kier alpha value is -0.420. The fraction of sp³-hybridized carbons (Fsp3) is 0.929. The van der Waals surface area contributed by atoms with E-state index in [-0.39, 0.29) is 11.7 Å². The Morgan fingerprint density at radius 1 is 1.32 bits per heavy atom. The van der Waals surface area contributed by atoms with Crippen LogP contribution >= 0.6 is 0 Å². The van der Waals surface area contributed by atoms with Crippen molar-refractivity contribution in [2.24, 2.45) is 0 Å². The minimum Gasteiger partial charge on any atom is -0.323 e. The summed E-state index contributed by atoms with van der Waals surface area (Å²) in [4.78, 5) is 15.0. The van der Waals surface area contributed by atoms with Gasteiger partial charge in [-0.3, -0.25) is 14.3 Å². The molecular formula is C14H24N2O2S. The molecule has 1 unspecified atom stereocenters. The molecule has 0 bridgehead atoms. The first kappa shape index (κ1) is 13.6. The van der Waals surface area contributed by atoms with Gasteiger partial charge in [-0.15, -0.1) is 0 Å². The van der Waals surface area contributed by atoms with Gasteiger partial charge in [-0.2, -0.15) is 0 Å². The minimum atomic E-state index is -0.654. The summed E-state index contributed by atoms with van der Waals surface area (Å²) in [5, 5.41) is 3.62. The number of rotatable bonds is 2. The van der Waals surface area contributed by atoms with Gasteiger partial charge in [-0.25, -0.2) is 0 Å². The Kier molecular flexibility index (Phi) is 3.69. The van der Waals surface area contributed by atoms with Crippen LogP contribution in [0.3, 0.4) is 0 Å². The molecule has 5 heteroatoms. The van der Waals surface area contributed by atoms with E-state index in [4.69, 9.17) is 0 Å². The molecule has 4 nitrogen and oxygen atoms in total. The molecule has 0 aromatic rings. The van der Waals surface area contributed by atoms with Gasteiger partial charge in [0.2, 0.25) is 5.91 Å². The fourth-order valence-corrected chi connectivity index (χ4v) is 5.23. The number of nitrogens with one attached hydrogen (secondary N) is 1. The van der Waals surface area contributed by atoms with Crippen molar-refractivity contribution >= 4 is 16.7 Å². The van der Waals surface area contributed by atoms with Gasteiger partial charge in [0.1, 0.15) is 0 Å². The van der Waals surface area contributed by atoms with Crippen LogP contribution in [0.4, 0.5) is 0 Å². The maximum absolute atomic E-state index is 12.9. The van der Waals surface area contributed by atoms with Crippen LogP contribution in [0.2, 0.25) is 0 Å². The van der Waals surface area contributed by atoms with Crippen molar-refractivity contribution in [2.45, 2.75) is 69.6 Å². The summed E-state index contributed by atoms with van der Waals surface area (Å²) in [6.07, 6.45) is 7.30. The SMILES string of the molecule is CCC1NC2(CCCC2)C(=O)N1C1CCS(=O)CC1. The largest absolute Gasteiger partial charge is 0.323 e. The summed E-state index contributed by atoms with van der Waals surface area (Å²) in [6.45, 7) is 2.15. The first-order valence-electron chi connectivity index (χ1n) is 7.62. The van der Waals surface area contributed by atoms with E-state index in [1.165, 1.54) is 0 Å². The molecule has 2 saturated heterocycles. The van der Waals surface area contributed by atoms with E-state index in [1.54, 1.807) is 0 Å². The maximum atomic E-state index is 12.9. The number of carbonyl (C=O) groups is 1. The summed E-state index contributed by atoms with van der Waals surface area (Å²) in [5.74, 6) is 1.85. The molecule has 1 spiro atoms. The van der Waals surface area contributed by atoms with Crippen LogP contribution in [0.5, 0.6) is 0 Å². The normalized spacial score (nSPS) is 38.3. The summed E-state index contributed by atoms with van der Waals surface area (Å²) < 4.78 is 11.5. The van der Waals surface area contributed by atoms with Crippen molar-refractivity contribution in [1.29, 1.82) is 0 Å². The molecule has 3 rings (SSSR count). The van der Waals surface area contributed by atoms with Crippen molar-refractivity contribution in [2.75, 3.05) is 11.5 Å². The maximum Gasteiger partial charge on any atom is 0.244 e. The van der Waals surface area contributed by atoms with E-state index in [0.717, 1.165) is 56.5 Å². The van der Waals surface area contributed by atoms with Crippen molar-refractivity contribution in [3.8, 4) is 0 Å². The Bertz CT molecular complexity index is 383. The van der Waals surface area contributed by atoms with Gasteiger partial charge in [0.15, 0.2) is 0 Å². The first-order valence-corrected chi connectivity index (χ1v) is 9.10. The van der Waals surface area contributed by atoms with Crippen LogP contribution in [0.25, 0.3) is 0 Å². The minimum absolute atomic E-state index is 0.196. The smallest absolute Gasteiger partial charge is 0.244 e. The van der Waals surface area contributed by atoms with Crippen LogP contribution in [-0.2, 0) is 15.6 Å². The topological polar surface area (TPSA) is 49.4 Å². The molecule has 1 N–H and O–H groups in total. The molecule has 2 aliphatic heterocycles. The van der Waals surface area contributed by atoms with E-state index < -0.39 is 10.8 Å². The summed E-state index contributed by atoms with van der Waals surface area (Å²) in [6, 6.07) is 0.308. The van der Waals surface area contributed by atoms with Gasteiger partial charge < -0.3 is 4.90 Å². The average Bonchev–Trinajstić information content (AvgIpc) is 2.99. The second kappa shape index (κ2) is 5.17. The van der Waals surface area contributed by atoms with Crippen LogP contribution in [-0.4, -0.2) is 44.3 Å². The standard InChI is InChI=1S/C14H24N2O2S/c1-2-12-15-14(7-3-4-8-14)13(17)16(12)11-5-9-19(18)10-6-11/h11-12,15H,2-10H2,1H3. The molecule has 1 atom stereocenters. The molecule has 19 heavy (non-hydrogen) atoms. The molecule has 108 valence electrons. The van der Waals surface area contributed by atoms with Gasteiger partial charge >= 0.3 is 0 Å². The zero-order valence-corrected chi connectivity index (χ0v) is 12.5. The molecule has 0 aromatic carbocycles. The van der Waals surface area contributed by atoms with Gasteiger partial charge in [-0.1, -0.05) is 19.8 Å². The predicted molar refractivity (Wildman–Crippen MR) is 76.2 cm³/mol. The quantitative estimate of drug-likeness (QED) is 0.833. The zero-order valence-electron chi connectivity index (χ0n) is 11.7. The Labute approximate surface area is 117 Å². The van der Waals surface area contributed by atoms with E-state index in [9.17, 15) is 9.00 Å². The number of amides is 1. The third-order valence-electron chi connectivity index (χ3n) is 5.02. The lowest BCUT2D eigenvalue weighted by atomic mass is 9.97. The molecule has 3 aliphatic rings. The van der Waals surface area contributed by atoms with Gasteiger partial charge in [0, 0.05) is 28.3 Å². The monoisotopic (exact) mass is 284 g/mol. The molecule has 1 amide bonds. The first-order chi connectivity index (χ1) is 9.16. The van der Waals surface area contributed by atoms with E-state index in [0.29, 0.717) is 11.9 Å². The van der Waals surface area contributed by atoms with Gasteiger partial charge in [0.25, 0.3) is 0 Å². The Morgan fingerprint density at radius 2 is 1.95 bits per heavy atom. The van der Waals surface area contributed by atoms with Crippen LogP contribution in [0.15, 0.2) is 0 Å². The lowest BCUT2D eigenvalue weighted by Crippen LogP contribution is -2.47. The van der Waals surface area contributed by atoms with Crippen molar-refractivity contribution in [3.63, 3.8) is 0 Å². The highest BCUT2D eigenvalue weighted by Crippen LogP contribution is 2.39. The zero-order chi connectivity index (χ0) is 13.5. The lowest BCUT2D eigenvalue weighted by molar-refractivity contribution is -0.135. The summed E-state index contributed by atoms with van der Waals surface area (Å²) in [7, 11) is -0.654. The Balaban J connectivity index is 1.79. The summed E-state index contributed by atoms with van der Waals surface area (Å²) in [5.41, 5.74) is -0.253. The van der Waals surface area contributed by atoms with Gasteiger partial charge in [0.05, 0.1) is 11.7 Å². The van der Waals surface area contributed by atoms with Crippen LogP contribution in [0.1, 0.15) is 51.9 Å². The average molecular weight is 284 g/mol. The predicted octanol–water partition coefficient (Wildman–Crippen LogP) is 1.38. The summed E-state index contributed by atoms with van der Waals surface area (Å²) >= 11 is 0. The molecule has 0 radical (unpaired) electrons. The number of carbonyl (C=O) groups excluding carboxylic acids is 1. The van der Waals surface area contributed by atoms with E-state index in [2.05, 4.69) is 17.1 Å². The van der Waals surface area contributed by atoms with Crippen molar-refractivity contribution < 1.29 is 9.00 Å². The highest BCUT2D eigenvalue weighted by Gasteiger charge is 2.53. The number of nitrogens with zero attached hydrogens (tertiary/aromatic N) is 1. The van der Waals surface area contributed by atoms with Crippen molar-refractivity contribution in [1.82, 2.24) is 10.2 Å². The highest BCUT2D eigenvalue weighted by atomic mass is 32.2. The molecule has 0 aromatic heterocycles. The molecular weight excluding hydrogens is 260 g/mol. The molecule has 3 fully saturated rings. The fourth-order valence-electron chi connectivity index (χ4n) is 3.95. The van der Waals surface area contributed by atoms with Crippen LogP contribution in [0, 0.1) is 0 Å². The number of hydrogen-bond donors (Lipinski definition) is 1. The Morgan fingerprint density at radius 3 is 2.53 bits per heavy atom. The second-order valence-electron chi connectivity index (χ2n) is 6.15. The van der Waals surface area contributed by atoms with E-state index in [1.807, 2.05) is 0 Å². The highest BCUT2D eigenvalue weighted by molar-refractivity contribution is 7.85. The van der Waals surface area contributed by atoms with E-state index >= 15 is 0 Å². The third-order valence-corrected chi connectivity index (χ3v) is 6.40. The third kappa shape index (κ3) is 2.25. The second-order valence-corrected chi connectivity index (χ2v) is 7.85. The molecule has 1 saturated carbocycles. The molecule has 2 heterocycles. The molecule has 1 aliphatic carbocycles.